The van der Waals surface area contributed by atoms with Crippen LogP contribution in [0.5, 0.6) is 0 Å². The third kappa shape index (κ3) is 0.678. The fraction of sp³-hybridized carbons (Fsp3) is 0.875. The average molecular weight is 138 g/mol. The maximum atomic E-state index is 4.34. The van der Waals surface area contributed by atoms with Crippen molar-refractivity contribution in [1.82, 2.24) is 5.01 Å². The first-order valence-electron chi connectivity index (χ1n) is 4.10. The zero-order valence-corrected chi connectivity index (χ0v) is 6.62. The average Bonchev–Trinajstić information content (AvgIpc) is 2.39. The molecule has 1 saturated heterocycles. The van der Waals surface area contributed by atoms with Gasteiger partial charge in [0.2, 0.25) is 0 Å². The minimum absolute atomic E-state index is 0.679. The summed E-state index contributed by atoms with van der Waals surface area (Å²) in [5.74, 6) is 0.845. The minimum Gasteiger partial charge on any atom is -0.291 e. The van der Waals surface area contributed by atoms with E-state index in [0.717, 1.165) is 12.0 Å². The SMILES string of the molecule is C[C@@H]1C[C@H](C)C2CC=NN21. The van der Waals surface area contributed by atoms with Crippen LogP contribution in [0.4, 0.5) is 0 Å². The number of fused-ring (bicyclic) bond motifs is 1. The van der Waals surface area contributed by atoms with E-state index in [1.807, 2.05) is 0 Å². The molecule has 0 radical (unpaired) electrons. The number of rotatable bonds is 0. The quantitative estimate of drug-likeness (QED) is 0.495. The maximum Gasteiger partial charge on any atom is 0.0550 e. The van der Waals surface area contributed by atoms with Gasteiger partial charge in [0, 0.05) is 18.7 Å². The Hall–Kier alpha value is -0.530. The second-order valence-corrected chi connectivity index (χ2v) is 3.54. The standard InChI is InChI=1S/C8H14N2/c1-6-5-7(2)10-8(6)3-4-9-10/h4,6-8H,3,5H2,1-2H3/t6-,7+,8?/m0/s1. The molecule has 2 heteroatoms. The molecule has 2 heterocycles. The van der Waals surface area contributed by atoms with Crippen molar-refractivity contribution in [2.24, 2.45) is 11.0 Å². The van der Waals surface area contributed by atoms with Crippen LogP contribution in [-0.2, 0) is 0 Å². The second-order valence-electron chi connectivity index (χ2n) is 3.54. The topological polar surface area (TPSA) is 15.6 Å². The third-order valence-corrected chi connectivity index (χ3v) is 2.72. The van der Waals surface area contributed by atoms with Crippen molar-refractivity contribution in [2.45, 2.75) is 38.8 Å². The van der Waals surface area contributed by atoms with Crippen molar-refractivity contribution >= 4 is 6.21 Å². The van der Waals surface area contributed by atoms with E-state index in [-0.39, 0.29) is 0 Å². The van der Waals surface area contributed by atoms with Crippen LogP contribution in [0.25, 0.3) is 0 Å². The molecule has 1 fully saturated rings. The van der Waals surface area contributed by atoms with Crippen molar-refractivity contribution in [3.05, 3.63) is 0 Å². The van der Waals surface area contributed by atoms with Gasteiger partial charge in [0.1, 0.15) is 0 Å². The Morgan fingerprint density at radius 2 is 2.30 bits per heavy atom. The van der Waals surface area contributed by atoms with E-state index in [1.54, 1.807) is 0 Å². The molecule has 0 spiro atoms. The molecule has 2 aliphatic heterocycles. The monoisotopic (exact) mass is 138 g/mol. The van der Waals surface area contributed by atoms with E-state index in [0.29, 0.717) is 6.04 Å². The lowest BCUT2D eigenvalue weighted by atomic mass is 10.0. The zero-order valence-electron chi connectivity index (χ0n) is 6.62. The van der Waals surface area contributed by atoms with Crippen molar-refractivity contribution in [2.75, 3.05) is 0 Å². The molecule has 0 aromatic carbocycles. The summed E-state index contributed by atoms with van der Waals surface area (Å²) in [6, 6.07) is 1.41. The summed E-state index contributed by atoms with van der Waals surface area (Å²) in [6.07, 6.45) is 4.55. The molecule has 0 N–H and O–H groups in total. The molecule has 10 heavy (non-hydrogen) atoms. The van der Waals surface area contributed by atoms with E-state index < -0.39 is 0 Å². The van der Waals surface area contributed by atoms with Gasteiger partial charge in [-0.3, -0.25) is 5.01 Å². The molecule has 0 aromatic heterocycles. The van der Waals surface area contributed by atoms with Crippen LogP contribution in [-0.4, -0.2) is 23.3 Å². The van der Waals surface area contributed by atoms with Gasteiger partial charge in [-0.25, -0.2) is 0 Å². The van der Waals surface area contributed by atoms with Crippen LogP contribution in [0.15, 0.2) is 5.10 Å². The highest BCUT2D eigenvalue weighted by molar-refractivity contribution is 5.60. The molecule has 0 aromatic rings. The first-order valence-corrected chi connectivity index (χ1v) is 4.10. The molecule has 3 atom stereocenters. The predicted molar refractivity (Wildman–Crippen MR) is 42.0 cm³/mol. The minimum atomic E-state index is 0.679. The van der Waals surface area contributed by atoms with Gasteiger partial charge in [-0.1, -0.05) is 6.92 Å². The molecule has 2 nitrogen and oxygen atoms in total. The second kappa shape index (κ2) is 1.97. The number of hydrogen-bond acceptors (Lipinski definition) is 2. The summed E-state index contributed by atoms with van der Waals surface area (Å²) >= 11 is 0. The molecular weight excluding hydrogens is 124 g/mol. The Labute approximate surface area is 61.9 Å². The third-order valence-electron chi connectivity index (χ3n) is 2.72. The highest BCUT2D eigenvalue weighted by Crippen LogP contribution is 2.33. The molecule has 1 unspecified atom stereocenters. The van der Waals surface area contributed by atoms with Gasteiger partial charge < -0.3 is 0 Å². The molecule has 56 valence electrons. The maximum absolute atomic E-state index is 4.34. The molecular formula is C8H14N2. The van der Waals surface area contributed by atoms with Crippen LogP contribution in [0, 0.1) is 5.92 Å². The Morgan fingerprint density at radius 1 is 1.50 bits per heavy atom. The Balaban J connectivity index is 2.17. The van der Waals surface area contributed by atoms with Crippen LogP contribution in [0.1, 0.15) is 26.7 Å². The molecule has 2 aliphatic rings. The Morgan fingerprint density at radius 3 is 3.00 bits per heavy atom. The lowest BCUT2D eigenvalue weighted by Crippen LogP contribution is -2.26. The van der Waals surface area contributed by atoms with E-state index in [9.17, 15) is 0 Å². The van der Waals surface area contributed by atoms with Gasteiger partial charge >= 0.3 is 0 Å². The van der Waals surface area contributed by atoms with E-state index in [4.69, 9.17) is 0 Å². The van der Waals surface area contributed by atoms with E-state index in [2.05, 4.69) is 30.2 Å². The van der Waals surface area contributed by atoms with Gasteiger partial charge in [-0.15, -0.1) is 0 Å². The summed E-state index contributed by atoms with van der Waals surface area (Å²) in [4.78, 5) is 0. The normalized spacial score (nSPS) is 44.6. The summed E-state index contributed by atoms with van der Waals surface area (Å²) < 4.78 is 0. The molecule has 0 saturated carbocycles. The summed E-state index contributed by atoms with van der Waals surface area (Å²) in [5, 5.41) is 6.61. The van der Waals surface area contributed by atoms with E-state index in [1.165, 1.54) is 12.8 Å². The highest BCUT2D eigenvalue weighted by Gasteiger charge is 2.37. The highest BCUT2D eigenvalue weighted by atomic mass is 15.5. The van der Waals surface area contributed by atoms with Crippen molar-refractivity contribution in [3.8, 4) is 0 Å². The largest absolute Gasteiger partial charge is 0.291 e. The summed E-state index contributed by atoms with van der Waals surface area (Å²) in [5.41, 5.74) is 0. The van der Waals surface area contributed by atoms with Crippen LogP contribution in [0.3, 0.4) is 0 Å². The molecule has 0 bridgehead atoms. The summed E-state index contributed by atoms with van der Waals surface area (Å²) in [6.45, 7) is 4.59. The molecule has 2 rings (SSSR count). The first kappa shape index (κ1) is 6.20. The van der Waals surface area contributed by atoms with Crippen LogP contribution < -0.4 is 0 Å². The summed E-state index contributed by atoms with van der Waals surface area (Å²) in [7, 11) is 0. The van der Waals surface area contributed by atoms with Crippen molar-refractivity contribution in [1.29, 1.82) is 0 Å². The Kier molecular flexibility index (Phi) is 1.22. The van der Waals surface area contributed by atoms with Gasteiger partial charge in [0.25, 0.3) is 0 Å². The Bertz CT molecular complexity index is 165. The number of hydrogen-bond donors (Lipinski definition) is 0. The predicted octanol–water partition coefficient (Wildman–Crippen LogP) is 1.47. The number of hydrazone groups is 1. The number of nitrogens with zero attached hydrogens (tertiary/aromatic N) is 2. The van der Waals surface area contributed by atoms with Gasteiger partial charge in [0.05, 0.1) is 6.04 Å². The van der Waals surface area contributed by atoms with Crippen LogP contribution >= 0.6 is 0 Å². The molecule has 0 amide bonds. The molecule has 0 aliphatic carbocycles. The zero-order chi connectivity index (χ0) is 7.14. The van der Waals surface area contributed by atoms with Crippen molar-refractivity contribution < 1.29 is 0 Å². The van der Waals surface area contributed by atoms with Gasteiger partial charge in [-0.2, -0.15) is 5.10 Å². The van der Waals surface area contributed by atoms with Gasteiger partial charge in [0.15, 0.2) is 0 Å². The first-order chi connectivity index (χ1) is 4.79. The fourth-order valence-electron chi connectivity index (χ4n) is 2.18. The smallest absolute Gasteiger partial charge is 0.0550 e. The van der Waals surface area contributed by atoms with Gasteiger partial charge in [-0.05, 0) is 19.3 Å². The van der Waals surface area contributed by atoms with E-state index >= 15 is 0 Å². The van der Waals surface area contributed by atoms with Crippen LogP contribution in [0.2, 0.25) is 0 Å². The lowest BCUT2D eigenvalue weighted by Gasteiger charge is -2.19. The van der Waals surface area contributed by atoms with Crippen molar-refractivity contribution in [3.63, 3.8) is 0 Å². The lowest BCUT2D eigenvalue weighted by molar-refractivity contribution is 0.225. The fourth-order valence-corrected chi connectivity index (χ4v) is 2.18.